The van der Waals surface area contributed by atoms with E-state index in [0.717, 1.165) is 5.01 Å². The fourth-order valence-corrected chi connectivity index (χ4v) is 3.68. The van der Waals surface area contributed by atoms with Crippen LogP contribution < -0.4 is 0 Å². The van der Waals surface area contributed by atoms with Gasteiger partial charge in [0.15, 0.2) is 0 Å². The van der Waals surface area contributed by atoms with E-state index >= 15 is 0 Å². The molecule has 1 fully saturated rings. The van der Waals surface area contributed by atoms with Gasteiger partial charge in [-0.25, -0.2) is 9.78 Å². The normalized spacial score (nSPS) is 15.1. The van der Waals surface area contributed by atoms with E-state index in [-0.39, 0.29) is 6.09 Å². The molecule has 0 atom stereocenters. The number of hydrogen-bond acceptors (Lipinski definition) is 4. The van der Waals surface area contributed by atoms with Crippen LogP contribution in [0.2, 0.25) is 0 Å². The number of alkyl halides is 3. The molecule has 0 N–H and O–H groups in total. The Bertz CT molecular complexity index is 782. The highest BCUT2D eigenvalue weighted by Gasteiger charge is 2.30. The van der Waals surface area contributed by atoms with Crippen LogP contribution >= 0.6 is 11.3 Å². The van der Waals surface area contributed by atoms with Crippen molar-refractivity contribution in [2.45, 2.75) is 33.0 Å². The number of aryl methyl sites for hydroxylation is 1. The molecule has 5 nitrogen and oxygen atoms in total. The molecule has 0 radical (unpaired) electrons. The zero-order valence-corrected chi connectivity index (χ0v) is 14.7. The van der Waals surface area contributed by atoms with Gasteiger partial charge in [0.1, 0.15) is 13.2 Å². The summed E-state index contributed by atoms with van der Waals surface area (Å²) in [6, 6.07) is 1.73. The van der Waals surface area contributed by atoms with Crippen LogP contribution in [0.5, 0.6) is 0 Å². The number of hydrogen-bond donors (Lipinski definition) is 0. The van der Waals surface area contributed by atoms with Crippen LogP contribution in [0.4, 0.5) is 18.0 Å². The quantitative estimate of drug-likeness (QED) is 0.801. The van der Waals surface area contributed by atoms with Crippen molar-refractivity contribution in [2.24, 2.45) is 0 Å². The molecule has 0 bridgehead atoms. The number of nitrogens with zero attached hydrogens (tertiary/aromatic N) is 3. The summed E-state index contributed by atoms with van der Waals surface area (Å²) in [6.45, 7) is 3.85. The zero-order valence-electron chi connectivity index (χ0n) is 13.9. The van der Waals surface area contributed by atoms with Crippen LogP contribution in [0.25, 0.3) is 11.3 Å². The molecule has 25 heavy (non-hydrogen) atoms. The maximum Gasteiger partial charge on any atom is 0.409 e. The SMILES string of the molecule is Cc1cc(-c2csc(CCN3CCOC3=O)n2)c(C)n1CC(F)(F)F. The van der Waals surface area contributed by atoms with Gasteiger partial charge in [0, 0.05) is 35.3 Å². The predicted octanol–water partition coefficient (Wildman–Crippen LogP) is 3.79. The van der Waals surface area contributed by atoms with E-state index < -0.39 is 12.7 Å². The van der Waals surface area contributed by atoms with Crippen molar-refractivity contribution >= 4 is 17.4 Å². The highest BCUT2D eigenvalue weighted by Crippen LogP contribution is 2.30. The third-order valence-electron chi connectivity index (χ3n) is 4.18. The van der Waals surface area contributed by atoms with Crippen LogP contribution in [-0.2, 0) is 17.7 Å². The number of ether oxygens (including phenoxy) is 1. The Morgan fingerprint density at radius 1 is 1.36 bits per heavy atom. The molecule has 1 aliphatic heterocycles. The highest BCUT2D eigenvalue weighted by molar-refractivity contribution is 7.09. The monoisotopic (exact) mass is 373 g/mol. The molecule has 0 saturated carbocycles. The summed E-state index contributed by atoms with van der Waals surface area (Å²) in [5.74, 6) is 0. The van der Waals surface area contributed by atoms with Gasteiger partial charge >= 0.3 is 12.3 Å². The second-order valence-electron chi connectivity index (χ2n) is 5.96. The molecule has 0 unspecified atom stereocenters. The number of cyclic esters (lactones) is 1. The van der Waals surface area contributed by atoms with Gasteiger partial charge in [0.2, 0.25) is 0 Å². The number of carbonyl (C=O) groups excluding carboxylic acids is 1. The standard InChI is InChI=1S/C16H18F3N3O2S/c1-10-7-12(11(2)22(10)9-16(17,18)19)13-8-25-14(20-13)3-4-21-5-6-24-15(21)23/h7-8H,3-6,9H2,1-2H3. The molecular formula is C16H18F3N3O2S. The van der Waals surface area contributed by atoms with Gasteiger partial charge in [-0.05, 0) is 19.9 Å². The molecule has 136 valence electrons. The minimum Gasteiger partial charge on any atom is -0.448 e. The third kappa shape index (κ3) is 3.97. The van der Waals surface area contributed by atoms with Crippen LogP contribution in [0.3, 0.4) is 0 Å². The second-order valence-corrected chi connectivity index (χ2v) is 6.91. The lowest BCUT2D eigenvalue weighted by molar-refractivity contribution is -0.141. The van der Waals surface area contributed by atoms with Crippen molar-refractivity contribution in [3.63, 3.8) is 0 Å². The van der Waals surface area contributed by atoms with Crippen molar-refractivity contribution in [3.8, 4) is 11.3 Å². The number of carbonyl (C=O) groups is 1. The lowest BCUT2D eigenvalue weighted by atomic mass is 10.2. The molecule has 1 saturated heterocycles. The number of amides is 1. The van der Waals surface area contributed by atoms with Gasteiger partial charge in [-0.1, -0.05) is 0 Å². The van der Waals surface area contributed by atoms with E-state index in [0.29, 0.717) is 48.8 Å². The van der Waals surface area contributed by atoms with Crippen LogP contribution in [-0.4, -0.2) is 46.4 Å². The smallest absolute Gasteiger partial charge is 0.409 e. The molecule has 1 aliphatic rings. The summed E-state index contributed by atoms with van der Waals surface area (Å²) in [7, 11) is 0. The molecule has 0 aromatic carbocycles. The van der Waals surface area contributed by atoms with Crippen LogP contribution in [0.15, 0.2) is 11.4 Å². The average molecular weight is 373 g/mol. The predicted molar refractivity (Wildman–Crippen MR) is 87.7 cm³/mol. The van der Waals surface area contributed by atoms with Crippen molar-refractivity contribution in [2.75, 3.05) is 19.7 Å². The minimum atomic E-state index is -4.26. The van der Waals surface area contributed by atoms with Gasteiger partial charge < -0.3 is 14.2 Å². The van der Waals surface area contributed by atoms with E-state index in [4.69, 9.17) is 4.74 Å². The minimum absolute atomic E-state index is 0.313. The number of rotatable bonds is 5. The Hall–Kier alpha value is -2.03. The number of thiazole rings is 1. The van der Waals surface area contributed by atoms with Crippen molar-refractivity contribution in [3.05, 3.63) is 27.8 Å². The fourth-order valence-electron chi connectivity index (χ4n) is 2.89. The molecule has 3 heterocycles. The second kappa shape index (κ2) is 6.70. The zero-order chi connectivity index (χ0) is 18.2. The summed E-state index contributed by atoms with van der Waals surface area (Å²) in [6.07, 6.45) is -3.97. The Labute approximate surface area is 147 Å². The average Bonchev–Trinajstić information content (AvgIpc) is 3.20. The summed E-state index contributed by atoms with van der Waals surface area (Å²) in [5, 5.41) is 2.69. The van der Waals surface area contributed by atoms with Gasteiger partial charge in [-0.2, -0.15) is 13.2 Å². The number of aromatic nitrogens is 2. The first-order chi connectivity index (χ1) is 11.7. The number of halogens is 3. The maximum absolute atomic E-state index is 12.7. The van der Waals surface area contributed by atoms with Gasteiger partial charge in [0.05, 0.1) is 17.2 Å². The molecule has 0 aliphatic carbocycles. The summed E-state index contributed by atoms with van der Waals surface area (Å²) in [4.78, 5) is 17.6. The van der Waals surface area contributed by atoms with E-state index in [1.54, 1.807) is 24.8 Å². The Balaban J connectivity index is 1.74. The summed E-state index contributed by atoms with van der Waals surface area (Å²) in [5.41, 5.74) is 2.49. The summed E-state index contributed by atoms with van der Waals surface area (Å²) < 4.78 is 44.3. The van der Waals surface area contributed by atoms with Crippen molar-refractivity contribution in [1.82, 2.24) is 14.5 Å². The molecule has 9 heteroatoms. The topological polar surface area (TPSA) is 47.4 Å². The van der Waals surface area contributed by atoms with Crippen LogP contribution in [0, 0.1) is 13.8 Å². The Kier molecular flexibility index (Phi) is 4.77. The van der Waals surface area contributed by atoms with Crippen LogP contribution in [0.1, 0.15) is 16.4 Å². The Morgan fingerprint density at radius 3 is 2.76 bits per heavy atom. The molecule has 2 aromatic heterocycles. The van der Waals surface area contributed by atoms with E-state index in [2.05, 4.69) is 4.98 Å². The Morgan fingerprint density at radius 2 is 2.12 bits per heavy atom. The largest absolute Gasteiger partial charge is 0.448 e. The lowest BCUT2D eigenvalue weighted by Gasteiger charge is -2.12. The lowest BCUT2D eigenvalue weighted by Crippen LogP contribution is -2.26. The van der Waals surface area contributed by atoms with E-state index in [9.17, 15) is 18.0 Å². The fraction of sp³-hybridized carbons (Fsp3) is 0.500. The first-order valence-corrected chi connectivity index (χ1v) is 8.72. The first-order valence-electron chi connectivity index (χ1n) is 7.84. The molecular weight excluding hydrogens is 355 g/mol. The van der Waals surface area contributed by atoms with Gasteiger partial charge in [-0.3, -0.25) is 0 Å². The van der Waals surface area contributed by atoms with Crippen molar-refractivity contribution < 1.29 is 22.7 Å². The highest BCUT2D eigenvalue weighted by atomic mass is 32.1. The molecule has 0 spiro atoms. The maximum atomic E-state index is 12.7. The van der Waals surface area contributed by atoms with Gasteiger partial charge in [-0.15, -0.1) is 11.3 Å². The first kappa shape index (κ1) is 17.8. The summed E-state index contributed by atoms with van der Waals surface area (Å²) >= 11 is 1.44. The van der Waals surface area contributed by atoms with E-state index in [1.807, 2.05) is 5.38 Å². The van der Waals surface area contributed by atoms with E-state index in [1.165, 1.54) is 15.9 Å². The van der Waals surface area contributed by atoms with Crippen molar-refractivity contribution in [1.29, 1.82) is 0 Å². The molecule has 1 amide bonds. The van der Waals surface area contributed by atoms with Gasteiger partial charge in [0.25, 0.3) is 0 Å². The molecule has 3 rings (SSSR count). The third-order valence-corrected chi connectivity index (χ3v) is 5.09. The molecule has 2 aromatic rings.